The fourth-order valence-corrected chi connectivity index (χ4v) is 4.45. The molecule has 0 atom stereocenters. The molecular weight excluding hydrogens is 491 g/mol. The van der Waals surface area contributed by atoms with E-state index in [9.17, 15) is 9.59 Å². The van der Waals surface area contributed by atoms with E-state index >= 15 is 0 Å². The third kappa shape index (κ3) is 5.68. The second-order valence-electron chi connectivity index (χ2n) is 9.00. The Kier molecular flexibility index (Phi) is 6.91. The van der Waals surface area contributed by atoms with Crippen molar-refractivity contribution in [1.29, 1.82) is 0 Å². The number of aromatic amines is 1. The van der Waals surface area contributed by atoms with Gasteiger partial charge in [-0.15, -0.1) is 0 Å². The van der Waals surface area contributed by atoms with Gasteiger partial charge in [0.05, 0.1) is 31.3 Å². The van der Waals surface area contributed by atoms with Crippen molar-refractivity contribution in [2.75, 3.05) is 7.11 Å². The predicted molar refractivity (Wildman–Crippen MR) is 135 cm³/mol. The van der Waals surface area contributed by atoms with E-state index in [1.807, 2.05) is 26.0 Å². The first-order valence-corrected chi connectivity index (χ1v) is 11.7. The van der Waals surface area contributed by atoms with Gasteiger partial charge in [0.2, 0.25) is 5.91 Å². The number of amides is 1. The zero-order valence-corrected chi connectivity index (χ0v) is 21.4. The lowest BCUT2D eigenvalue weighted by molar-refractivity contribution is -0.120. The molecule has 4 rings (SSSR count). The molecule has 1 aromatic carbocycles. The molecule has 3 heterocycles. The molecule has 0 unspecified atom stereocenters. The fraction of sp³-hybridized carbons (Fsp3) is 0.333. The fourth-order valence-electron chi connectivity index (χ4n) is 4.07. The average Bonchev–Trinajstić information content (AvgIpc) is 3.29. The standard InChI is InChI=1S/C24H26Cl2N6O3/c1-14(33)30-24(2,3)13-32-16(9-15-5-6-17(35-4)10-18(15)25)11-31(23(32)34)12-21-27-19-7-8-20(26)28-22(19)29-21/h5-8,10-11H,9,12-13H2,1-4H3,(H,30,33)(H,27,28,29). The molecule has 4 aromatic rings. The summed E-state index contributed by atoms with van der Waals surface area (Å²) in [7, 11) is 1.58. The van der Waals surface area contributed by atoms with Gasteiger partial charge in [-0.05, 0) is 43.7 Å². The summed E-state index contributed by atoms with van der Waals surface area (Å²) in [5.74, 6) is 1.05. The molecule has 0 aliphatic heterocycles. The van der Waals surface area contributed by atoms with E-state index in [0.717, 1.165) is 16.8 Å². The zero-order valence-electron chi connectivity index (χ0n) is 19.9. The Labute approximate surface area is 212 Å². The normalized spacial score (nSPS) is 11.7. The van der Waals surface area contributed by atoms with Gasteiger partial charge in [0.1, 0.15) is 16.7 Å². The van der Waals surface area contributed by atoms with Crippen LogP contribution >= 0.6 is 23.2 Å². The summed E-state index contributed by atoms with van der Waals surface area (Å²) in [6.45, 7) is 5.69. The van der Waals surface area contributed by atoms with Crippen LogP contribution in [0.5, 0.6) is 5.75 Å². The second-order valence-corrected chi connectivity index (χ2v) is 9.80. The molecular formula is C24H26Cl2N6O3. The van der Waals surface area contributed by atoms with Crippen molar-refractivity contribution in [2.24, 2.45) is 0 Å². The largest absolute Gasteiger partial charge is 0.497 e. The molecule has 0 fully saturated rings. The minimum Gasteiger partial charge on any atom is -0.497 e. The number of nitrogens with one attached hydrogen (secondary N) is 2. The summed E-state index contributed by atoms with van der Waals surface area (Å²) >= 11 is 12.5. The summed E-state index contributed by atoms with van der Waals surface area (Å²) in [6.07, 6.45) is 2.21. The number of carbonyl (C=O) groups is 1. The van der Waals surface area contributed by atoms with E-state index < -0.39 is 5.54 Å². The summed E-state index contributed by atoms with van der Waals surface area (Å²) < 4.78 is 8.48. The Hall–Kier alpha value is -3.30. The average molecular weight is 517 g/mol. The molecule has 184 valence electrons. The highest BCUT2D eigenvalue weighted by Crippen LogP contribution is 2.25. The quantitative estimate of drug-likeness (QED) is 0.346. The molecule has 0 saturated carbocycles. The molecule has 2 N–H and O–H groups in total. The van der Waals surface area contributed by atoms with E-state index in [1.54, 1.807) is 40.6 Å². The Morgan fingerprint density at radius 3 is 2.66 bits per heavy atom. The Morgan fingerprint density at radius 1 is 1.20 bits per heavy atom. The number of hydrogen-bond acceptors (Lipinski definition) is 5. The van der Waals surface area contributed by atoms with E-state index in [2.05, 4.69) is 20.3 Å². The van der Waals surface area contributed by atoms with Gasteiger partial charge in [0, 0.05) is 30.3 Å². The number of fused-ring (bicyclic) bond motifs is 1. The van der Waals surface area contributed by atoms with Crippen LogP contribution in [-0.4, -0.2) is 42.6 Å². The molecule has 0 bridgehead atoms. The van der Waals surface area contributed by atoms with Gasteiger partial charge in [-0.25, -0.2) is 14.8 Å². The van der Waals surface area contributed by atoms with Crippen molar-refractivity contribution < 1.29 is 9.53 Å². The minimum atomic E-state index is -0.652. The van der Waals surface area contributed by atoms with Gasteiger partial charge in [-0.2, -0.15) is 0 Å². The Bertz CT molecular complexity index is 1450. The SMILES string of the molecule is COc1ccc(Cc2cn(Cc3nc4nc(Cl)ccc4[nH]3)c(=O)n2CC(C)(C)NC(C)=O)c(Cl)c1. The summed E-state index contributed by atoms with van der Waals surface area (Å²) in [6, 6.07) is 8.91. The second kappa shape index (κ2) is 9.75. The van der Waals surface area contributed by atoms with Crippen LogP contribution in [0.15, 0.2) is 41.3 Å². The molecule has 0 radical (unpaired) electrons. The minimum absolute atomic E-state index is 0.171. The number of aromatic nitrogens is 5. The molecule has 35 heavy (non-hydrogen) atoms. The van der Waals surface area contributed by atoms with Crippen molar-refractivity contribution in [2.45, 2.75) is 45.8 Å². The van der Waals surface area contributed by atoms with Gasteiger partial charge in [0.25, 0.3) is 0 Å². The van der Waals surface area contributed by atoms with E-state index in [0.29, 0.717) is 33.8 Å². The molecule has 3 aromatic heterocycles. The molecule has 0 spiro atoms. The van der Waals surface area contributed by atoms with Crippen LogP contribution in [-0.2, 0) is 24.3 Å². The lowest BCUT2D eigenvalue weighted by atomic mass is 10.0. The van der Waals surface area contributed by atoms with Crippen LogP contribution in [0.2, 0.25) is 10.2 Å². The third-order valence-electron chi connectivity index (χ3n) is 5.51. The number of H-pyrrole nitrogens is 1. The highest BCUT2D eigenvalue weighted by Gasteiger charge is 2.24. The van der Waals surface area contributed by atoms with Crippen LogP contribution < -0.4 is 15.7 Å². The number of rotatable bonds is 8. The number of pyridine rings is 1. The molecule has 9 nitrogen and oxygen atoms in total. The van der Waals surface area contributed by atoms with Crippen LogP contribution in [0, 0.1) is 0 Å². The highest BCUT2D eigenvalue weighted by molar-refractivity contribution is 6.31. The Balaban J connectivity index is 1.72. The van der Waals surface area contributed by atoms with Crippen molar-refractivity contribution in [3.8, 4) is 5.75 Å². The van der Waals surface area contributed by atoms with Crippen molar-refractivity contribution in [3.05, 3.63) is 74.3 Å². The van der Waals surface area contributed by atoms with E-state index in [1.165, 1.54) is 6.92 Å². The molecule has 0 saturated heterocycles. The van der Waals surface area contributed by atoms with Crippen molar-refractivity contribution >= 4 is 40.3 Å². The molecule has 1 amide bonds. The van der Waals surface area contributed by atoms with Gasteiger partial charge in [-0.3, -0.25) is 13.9 Å². The van der Waals surface area contributed by atoms with Gasteiger partial charge < -0.3 is 15.0 Å². The number of hydrogen-bond donors (Lipinski definition) is 2. The van der Waals surface area contributed by atoms with E-state index in [4.69, 9.17) is 27.9 Å². The first kappa shape index (κ1) is 24.8. The maximum atomic E-state index is 13.5. The lowest BCUT2D eigenvalue weighted by Gasteiger charge is -2.26. The zero-order chi connectivity index (χ0) is 25.3. The van der Waals surface area contributed by atoms with Gasteiger partial charge in [-0.1, -0.05) is 29.3 Å². The van der Waals surface area contributed by atoms with Crippen LogP contribution in [0.25, 0.3) is 11.2 Å². The third-order valence-corrected chi connectivity index (χ3v) is 6.07. The van der Waals surface area contributed by atoms with Crippen LogP contribution in [0.3, 0.4) is 0 Å². The molecule has 0 aliphatic carbocycles. The Morgan fingerprint density at radius 2 is 1.97 bits per heavy atom. The summed E-state index contributed by atoms with van der Waals surface area (Å²) in [4.78, 5) is 37.0. The predicted octanol–water partition coefficient (Wildman–Crippen LogP) is 3.79. The maximum Gasteiger partial charge on any atom is 0.328 e. The monoisotopic (exact) mass is 516 g/mol. The van der Waals surface area contributed by atoms with Gasteiger partial charge >= 0.3 is 5.69 Å². The number of halogens is 2. The lowest BCUT2D eigenvalue weighted by Crippen LogP contribution is -2.47. The topological polar surface area (TPSA) is 107 Å². The van der Waals surface area contributed by atoms with Crippen LogP contribution in [0.4, 0.5) is 0 Å². The molecule has 0 aliphatic rings. The van der Waals surface area contributed by atoms with Crippen molar-refractivity contribution in [3.63, 3.8) is 0 Å². The summed E-state index contributed by atoms with van der Waals surface area (Å²) in [5, 5.41) is 3.79. The number of carbonyl (C=O) groups excluding carboxylic acids is 1. The number of imidazole rings is 2. The number of methoxy groups -OCH3 is 1. The van der Waals surface area contributed by atoms with E-state index in [-0.39, 0.29) is 24.7 Å². The summed E-state index contributed by atoms with van der Waals surface area (Å²) in [5.41, 5.74) is 1.93. The number of nitrogens with zero attached hydrogens (tertiary/aromatic N) is 4. The highest BCUT2D eigenvalue weighted by atomic mass is 35.5. The number of benzene rings is 1. The first-order chi connectivity index (χ1) is 16.5. The van der Waals surface area contributed by atoms with Gasteiger partial charge in [0.15, 0.2) is 5.65 Å². The number of ether oxygens (including phenoxy) is 1. The smallest absolute Gasteiger partial charge is 0.328 e. The molecule has 11 heteroatoms. The first-order valence-electron chi connectivity index (χ1n) is 11.0. The van der Waals surface area contributed by atoms with Crippen LogP contribution in [0.1, 0.15) is 37.9 Å². The maximum absolute atomic E-state index is 13.5. The van der Waals surface area contributed by atoms with Crippen molar-refractivity contribution in [1.82, 2.24) is 29.4 Å².